The summed E-state index contributed by atoms with van der Waals surface area (Å²) in [6, 6.07) is 11.8. The van der Waals surface area contributed by atoms with E-state index in [1.54, 1.807) is 4.90 Å². The van der Waals surface area contributed by atoms with Gasteiger partial charge in [0.1, 0.15) is 0 Å². The summed E-state index contributed by atoms with van der Waals surface area (Å²) in [7, 11) is -0.838. The van der Waals surface area contributed by atoms with E-state index in [2.05, 4.69) is 4.72 Å². The lowest BCUT2D eigenvalue weighted by Crippen LogP contribution is -2.37. The molecule has 2 rings (SSSR count). The highest BCUT2D eigenvalue weighted by Gasteiger charge is 2.19. The zero-order valence-electron chi connectivity index (χ0n) is 15.9. The molecule has 1 amide bonds. The molecule has 2 aromatic rings. The molecule has 0 atom stereocenters. The summed E-state index contributed by atoms with van der Waals surface area (Å²) in [5.41, 5.74) is 1.70. The molecular weight excluding hydrogens is 368 g/mol. The third-order valence-electron chi connectivity index (χ3n) is 4.08. The molecule has 27 heavy (non-hydrogen) atoms. The van der Waals surface area contributed by atoms with Crippen molar-refractivity contribution in [3.05, 3.63) is 48.0 Å². The minimum absolute atomic E-state index is 0.0606. The van der Waals surface area contributed by atoms with Gasteiger partial charge in [-0.05, 0) is 30.7 Å². The van der Waals surface area contributed by atoms with Gasteiger partial charge in [0.05, 0.1) is 19.1 Å². The van der Waals surface area contributed by atoms with E-state index in [4.69, 9.17) is 9.47 Å². The van der Waals surface area contributed by atoms with Crippen molar-refractivity contribution >= 4 is 21.6 Å². The number of sulfonamides is 1. The highest BCUT2D eigenvalue weighted by molar-refractivity contribution is 7.89. The van der Waals surface area contributed by atoms with Gasteiger partial charge in [-0.2, -0.15) is 0 Å². The fraction of sp³-hybridized carbons (Fsp3) is 0.316. The number of carbonyl (C=O) groups excluding carboxylic acids is 1. The van der Waals surface area contributed by atoms with Gasteiger partial charge < -0.3 is 14.4 Å². The Labute approximate surface area is 160 Å². The lowest BCUT2D eigenvalue weighted by atomic mass is 10.2. The van der Waals surface area contributed by atoms with E-state index < -0.39 is 10.0 Å². The first-order valence-electron chi connectivity index (χ1n) is 8.35. The number of methoxy groups -OCH3 is 2. The molecule has 0 spiro atoms. The molecule has 0 aliphatic heterocycles. The fourth-order valence-corrected chi connectivity index (χ4v) is 3.71. The van der Waals surface area contributed by atoms with Crippen LogP contribution in [0.25, 0.3) is 0 Å². The summed E-state index contributed by atoms with van der Waals surface area (Å²) >= 11 is 0. The summed E-state index contributed by atoms with van der Waals surface area (Å²) in [6.07, 6.45) is 0. The smallest absolute Gasteiger partial charge is 0.240 e. The van der Waals surface area contributed by atoms with Gasteiger partial charge in [0, 0.05) is 31.8 Å². The number of rotatable bonds is 8. The number of hydrogen-bond acceptors (Lipinski definition) is 5. The van der Waals surface area contributed by atoms with Crippen LogP contribution in [0.2, 0.25) is 0 Å². The molecule has 0 radical (unpaired) electrons. The van der Waals surface area contributed by atoms with Crippen molar-refractivity contribution in [1.82, 2.24) is 4.72 Å². The van der Waals surface area contributed by atoms with Gasteiger partial charge in [-0.15, -0.1) is 0 Å². The average molecular weight is 392 g/mol. The second-order valence-electron chi connectivity index (χ2n) is 5.87. The molecule has 7 nitrogen and oxygen atoms in total. The SMILES string of the molecule is COc1ccc(S(=O)(=O)NCCN(C(C)=O)c2ccccc2C)cc1OC. The summed E-state index contributed by atoms with van der Waals surface area (Å²) in [5, 5.41) is 0. The highest BCUT2D eigenvalue weighted by Crippen LogP contribution is 2.29. The number of nitrogens with zero attached hydrogens (tertiary/aromatic N) is 1. The fourth-order valence-electron chi connectivity index (χ4n) is 2.67. The first-order valence-corrected chi connectivity index (χ1v) is 9.84. The molecule has 0 aliphatic carbocycles. The van der Waals surface area contributed by atoms with Gasteiger partial charge in [-0.1, -0.05) is 18.2 Å². The van der Waals surface area contributed by atoms with Crippen molar-refractivity contribution in [3.63, 3.8) is 0 Å². The Morgan fingerprint density at radius 3 is 2.33 bits per heavy atom. The molecule has 0 aliphatic rings. The maximum Gasteiger partial charge on any atom is 0.240 e. The lowest BCUT2D eigenvalue weighted by molar-refractivity contribution is -0.116. The molecule has 8 heteroatoms. The molecule has 0 bridgehead atoms. The van der Waals surface area contributed by atoms with Gasteiger partial charge in [-0.25, -0.2) is 13.1 Å². The Morgan fingerprint density at radius 1 is 1.07 bits per heavy atom. The van der Waals surface area contributed by atoms with Crippen LogP contribution in [-0.4, -0.2) is 41.6 Å². The largest absolute Gasteiger partial charge is 0.493 e. The van der Waals surface area contributed by atoms with Gasteiger partial charge in [0.25, 0.3) is 0 Å². The van der Waals surface area contributed by atoms with Gasteiger partial charge in [-0.3, -0.25) is 4.79 Å². The zero-order chi connectivity index (χ0) is 20.0. The van der Waals surface area contributed by atoms with Gasteiger partial charge >= 0.3 is 0 Å². The van der Waals surface area contributed by atoms with Crippen LogP contribution in [-0.2, 0) is 14.8 Å². The molecule has 0 aromatic heterocycles. The maximum atomic E-state index is 12.5. The summed E-state index contributed by atoms with van der Waals surface area (Å²) in [5.74, 6) is 0.610. The van der Waals surface area contributed by atoms with Crippen LogP contribution in [0, 0.1) is 6.92 Å². The van der Waals surface area contributed by atoms with Gasteiger partial charge in [0.2, 0.25) is 15.9 Å². The molecule has 0 unspecified atom stereocenters. The van der Waals surface area contributed by atoms with E-state index in [1.165, 1.54) is 39.3 Å². The predicted molar refractivity (Wildman–Crippen MR) is 104 cm³/mol. The molecule has 0 fully saturated rings. The van der Waals surface area contributed by atoms with E-state index in [9.17, 15) is 13.2 Å². The van der Waals surface area contributed by atoms with Crippen molar-refractivity contribution < 1.29 is 22.7 Å². The maximum absolute atomic E-state index is 12.5. The topological polar surface area (TPSA) is 84.9 Å². The molecule has 0 saturated carbocycles. The van der Waals surface area contributed by atoms with E-state index >= 15 is 0 Å². The number of benzene rings is 2. The number of aryl methyl sites for hydroxylation is 1. The normalized spacial score (nSPS) is 11.1. The molecule has 2 aromatic carbocycles. The van der Waals surface area contributed by atoms with Crippen LogP contribution in [0.1, 0.15) is 12.5 Å². The Bertz CT molecular complexity index is 912. The lowest BCUT2D eigenvalue weighted by Gasteiger charge is -2.23. The predicted octanol–water partition coefficient (Wildman–Crippen LogP) is 2.34. The summed E-state index contributed by atoms with van der Waals surface area (Å²) in [6.45, 7) is 3.64. The number of para-hydroxylation sites is 1. The zero-order valence-corrected chi connectivity index (χ0v) is 16.7. The standard InChI is InChI=1S/C19H24N2O5S/c1-14-7-5-6-8-17(14)21(15(2)22)12-11-20-27(23,24)16-9-10-18(25-3)19(13-16)26-4/h5-10,13,20H,11-12H2,1-4H3. The number of hydrogen-bond donors (Lipinski definition) is 1. The Morgan fingerprint density at radius 2 is 1.74 bits per heavy atom. The van der Waals surface area contributed by atoms with E-state index in [1.807, 2.05) is 31.2 Å². The monoisotopic (exact) mass is 392 g/mol. The minimum Gasteiger partial charge on any atom is -0.493 e. The molecular formula is C19H24N2O5S. The van der Waals surface area contributed by atoms with Crippen LogP contribution in [0.5, 0.6) is 11.5 Å². The van der Waals surface area contributed by atoms with E-state index in [-0.39, 0.29) is 23.9 Å². The Kier molecular flexibility index (Phi) is 6.81. The van der Waals surface area contributed by atoms with Gasteiger partial charge in [0.15, 0.2) is 11.5 Å². The van der Waals surface area contributed by atoms with Crippen molar-refractivity contribution in [2.24, 2.45) is 0 Å². The number of nitrogens with one attached hydrogen (secondary N) is 1. The Balaban J connectivity index is 2.12. The number of carbonyl (C=O) groups is 1. The van der Waals surface area contributed by atoms with Crippen molar-refractivity contribution in [3.8, 4) is 11.5 Å². The Hall–Kier alpha value is -2.58. The van der Waals surface area contributed by atoms with Crippen LogP contribution < -0.4 is 19.1 Å². The highest BCUT2D eigenvalue weighted by atomic mass is 32.2. The number of anilines is 1. The number of ether oxygens (including phenoxy) is 2. The third-order valence-corrected chi connectivity index (χ3v) is 5.54. The quantitative estimate of drug-likeness (QED) is 0.745. The molecule has 146 valence electrons. The summed E-state index contributed by atoms with van der Waals surface area (Å²) < 4.78 is 37.9. The van der Waals surface area contributed by atoms with Crippen molar-refractivity contribution in [1.29, 1.82) is 0 Å². The second kappa shape index (κ2) is 8.88. The first-order chi connectivity index (χ1) is 12.8. The minimum atomic E-state index is -3.76. The molecule has 0 heterocycles. The average Bonchev–Trinajstić information content (AvgIpc) is 2.65. The van der Waals surface area contributed by atoms with Crippen LogP contribution in [0.3, 0.4) is 0 Å². The van der Waals surface area contributed by atoms with Crippen LogP contribution >= 0.6 is 0 Å². The van der Waals surface area contributed by atoms with Crippen molar-refractivity contribution in [2.45, 2.75) is 18.7 Å². The second-order valence-corrected chi connectivity index (χ2v) is 7.64. The molecule has 0 saturated heterocycles. The first kappa shape index (κ1) is 20.7. The van der Waals surface area contributed by atoms with E-state index in [0.717, 1.165) is 11.3 Å². The number of amides is 1. The summed E-state index contributed by atoms with van der Waals surface area (Å²) in [4.78, 5) is 13.6. The molecule has 1 N–H and O–H groups in total. The van der Waals surface area contributed by atoms with Crippen LogP contribution in [0.15, 0.2) is 47.4 Å². The third kappa shape index (κ3) is 4.99. The van der Waals surface area contributed by atoms with Crippen LogP contribution in [0.4, 0.5) is 5.69 Å². The van der Waals surface area contributed by atoms with E-state index in [0.29, 0.717) is 11.5 Å². The van der Waals surface area contributed by atoms with Crippen molar-refractivity contribution in [2.75, 3.05) is 32.2 Å².